The Hall–Kier alpha value is -1.04. The van der Waals surface area contributed by atoms with E-state index in [1.165, 1.54) is 6.92 Å². The van der Waals surface area contributed by atoms with Gasteiger partial charge >= 0.3 is 0 Å². The van der Waals surface area contributed by atoms with Gasteiger partial charge in [0.05, 0.1) is 5.75 Å². The first-order valence-electron chi connectivity index (χ1n) is 3.32. The summed E-state index contributed by atoms with van der Waals surface area (Å²) in [5, 5.41) is -0.397. The lowest BCUT2D eigenvalue weighted by molar-refractivity contribution is -0.132. The lowest BCUT2D eigenvalue weighted by Gasteiger charge is -2.17. The molecule has 66 valence electrons. The molecule has 1 rings (SSSR count). The van der Waals surface area contributed by atoms with Crippen LogP contribution in [0.4, 0.5) is 4.79 Å². The minimum absolute atomic E-state index is 0.108. The Morgan fingerprint density at radius 1 is 1.67 bits per heavy atom. The number of hydrogen-bond donors (Lipinski definition) is 1. The molecule has 1 aliphatic rings. The zero-order chi connectivity index (χ0) is 9.30. The van der Waals surface area contributed by atoms with Crippen molar-refractivity contribution in [3.63, 3.8) is 0 Å². The van der Waals surface area contributed by atoms with Crippen molar-refractivity contribution in [3.8, 4) is 0 Å². The molecule has 0 aromatic carbocycles. The molecule has 2 N–H and O–H groups in total. The van der Waals surface area contributed by atoms with Gasteiger partial charge < -0.3 is 5.73 Å². The third-order valence-electron chi connectivity index (χ3n) is 1.58. The average Bonchev–Trinajstić information content (AvgIpc) is 2.30. The summed E-state index contributed by atoms with van der Waals surface area (Å²) in [5.74, 6) is -0.910. The first-order valence-corrected chi connectivity index (χ1v) is 4.30. The van der Waals surface area contributed by atoms with Gasteiger partial charge in [-0.25, -0.2) is 0 Å². The predicted molar refractivity (Wildman–Crippen MR) is 43.4 cm³/mol. The van der Waals surface area contributed by atoms with Crippen LogP contribution in [0.25, 0.3) is 0 Å². The number of nitrogens with two attached hydrogens (primary N) is 1. The number of carbonyl (C=O) groups excluding carboxylic acids is 3. The SMILES string of the molecule is CC(C(N)=O)N1C(=O)CSC1=O. The summed E-state index contributed by atoms with van der Waals surface area (Å²) in [5.41, 5.74) is 4.95. The Kier molecular flexibility index (Phi) is 2.37. The summed E-state index contributed by atoms with van der Waals surface area (Å²) in [6.07, 6.45) is 0. The zero-order valence-electron chi connectivity index (χ0n) is 6.44. The molecule has 0 saturated carbocycles. The third kappa shape index (κ3) is 1.42. The van der Waals surface area contributed by atoms with E-state index in [0.29, 0.717) is 0 Å². The van der Waals surface area contributed by atoms with Crippen molar-refractivity contribution < 1.29 is 14.4 Å². The van der Waals surface area contributed by atoms with Crippen molar-refractivity contribution in [2.45, 2.75) is 13.0 Å². The van der Waals surface area contributed by atoms with E-state index in [0.717, 1.165) is 16.7 Å². The molecule has 0 aromatic heterocycles. The highest BCUT2D eigenvalue weighted by Gasteiger charge is 2.35. The Balaban J connectivity index is 2.79. The molecule has 1 saturated heterocycles. The van der Waals surface area contributed by atoms with Crippen LogP contribution < -0.4 is 5.73 Å². The van der Waals surface area contributed by atoms with Crippen molar-refractivity contribution in [2.24, 2.45) is 5.73 Å². The molecule has 12 heavy (non-hydrogen) atoms. The summed E-state index contributed by atoms with van der Waals surface area (Å²) >= 11 is 0.889. The summed E-state index contributed by atoms with van der Waals surface area (Å²) in [4.78, 5) is 33.5. The van der Waals surface area contributed by atoms with Gasteiger partial charge in [-0.05, 0) is 6.92 Å². The van der Waals surface area contributed by atoms with Gasteiger partial charge in [-0.2, -0.15) is 0 Å². The molecule has 6 heteroatoms. The van der Waals surface area contributed by atoms with Crippen LogP contribution in [0, 0.1) is 0 Å². The maximum Gasteiger partial charge on any atom is 0.289 e. The van der Waals surface area contributed by atoms with Crippen molar-refractivity contribution >= 4 is 28.8 Å². The molecule has 5 nitrogen and oxygen atoms in total. The minimum Gasteiger partial charge on any atom is -0.368 e. The molecular weight excluding hydrogens is 180 g/mol. The van der Waals surface area contributed by atoms with Gasteiger partial charge in [-0.15, -0.1) is 0 Å². The molecule has 1 fully saturated rings. The van der Waals surface area contributed by atoms with E-state index >= 15 is 0 Å². The van der Waals surface area contributed by atoms with Gasteiger partial charge in [0.1, 0.15) is 6.04 Å². The van der Waals surface area contributed by atoms with E-state index in [4.69, 9.17) is 5.73 Å². The molecule has 0 bridgehead atoms. The summed E-state index contributed by atoms with van der Waals surface area (Å²) in [6, 6.07) is -0.833. The van der Waals surface area contributed by atoms with Crippen LogP contribution in [-0.2, 0) is 9.59 Å². The van der Waals surface area contributed by atoms with Gasteiger partial charge in [0.2, 0.25) is 11.8 Å². The number of amides is 3. The molecule has 1 heterocycles. The first kappa shape index (κ1) is 9.05. The van der Waals surface area contributed by atoms with Crippen LogP contribution >= 0.6 is 11.8 Å². The molecule has 1 aliphatic heterocycles. The van der Waals surface area contributed by atoms with E-state index in [2.05, 4.69) is 0 Å². The number of imide groups is 1. The van der Waals surface area contributed by atoms with Gasteiger partial charge in [0, 0.05) is 0 Å². The lowest BCUT2D eigenvalue weighted by atomic mass is 10.3. The second kappa shape index (κ2) is 3.14. The normalized spacial score (nSPS) is 19.9. The molecule has 1 atom stereocenters. The Morgan fingerprint density at radius 3 is 2.58 bits per heavy atom. The van der Waals surface area contributed by atoms with Crippen molar-refractivity contribution in [3.05, 3.63) is 0 Å². The maximum atomic E-state index is 11.0. The monoisotopic (exact) mass is 188 g/mol. The van der Waals surface area contributed by atoms with Crippen LogP contribution in [0.1, 0.15) is 6.92 Å². The van der Waals surface area contributed by atoms with Gasteiger partial charge in [-0.1, -0.05) is 11.8 Å². The number of nitrogens with zero attached hydrogens (tertiary/aromatic N) is 1. The highest BCUT2D eigenvalue weighted by molar-refractivity contribution is 8.14. The van der Waals surface area contributed by atoms with E-state index in [1.54, 1.807) is 0 Å². The maximum absolute atomic E-state index is 11.0. The molecule has 0 aromatic rings. The fourth-order valence-electron chi connectivity index (χ4n) is 0.866. The topological polar surface area (TPSA) is 80.5 Å². The Bertz CT molecular complexity index is 237. The fourth-order valence-corrected chi connectivity index (χ4v) is 1.65. The highest BCUT2D eigenvalue weighted by atomic mass is 32.2. The van der Waals surface area contributed by atoms with Crippen molar-refractivity contribution in [1.82, 2.24) is 4.90 Å². The smallest absolute Gasteiger partial charge is 0.289 e. The molecular formula is C6H8N2O3S. The number of rotatable bonds is 2. The van der Waals surface area contributed by atoms with E-state index < -0.39 is 17.2 Å². The largest absolute Gasteiger partial charge is 0.368 e. The molecule has 0 radical (unpaired) electrons. The van der Waals surface area contributed by atoms with Gasteiger partial charge in [0.15, 0.2) is 0 Å². The van der Waals surface area contributed by atoms with Crippen LogP contribution in [0.5, 0.6) is 0 Å². The quantitative estimate of drug-likeness (QED) is 0.636. The summed E-state index contributed by atoms with van der Waals surface area (Å²) < 4.78 is 0. The van der Waals surface area contributed by atoms with Crippen molar-refractivity contribution in [2.75, 3.05) is 5.75 Å². The van der Waals surface area contributed by atoms with E-state index in [-0.39, 0.29) is 11.7 Å². The highest BCUT2D eigenvalue weighted by Crippen LogP contribution is 2.20. The third-order valence-corrected chi connectivity index (χ3v) is 2.42. The first-order chi connectivity index (χ1) is 5.54. The van der Waals surface area contributed by atoms with Crippen LogP contribution in [0.15, 0.2) is 0 Å². The average molecular weight is 188 g/mol. The second-order valence-electron chi connectivity index (χ2n) is 2.40. The predicted octanol–water partition coefficient (Wildman–Crippen LogP) is -0.444. The summed E-state index contributed by atoms with van der Waals surface area (Å²) in [7, 11) is 0. The van der Waals surface area contributed by atoms with Crippen molar-refractivity contribution in [1.29, 1.82) is 0 Å². The molecule has 1 unspecified atom stereocenters. The zero-order valence-corrected chi connectivity index (χ0v) is 7.26. The molecule has 3 amide bonds. The van der Waals surface area contributed by atoms with Gasteiger partial charge in [-0.3, -0.25) is 19.3 Å². The Morgan fingerprint density at radius 2 is 2.25 bits per heavy atom. The van der Waals surface area contributed by atoms with E-state index in [1.807, 2.05) is 0 Å². The van der Waals surface area contributed by atoms with E-state index in [9.17, 15) is 14.4 Å². The number of thioether (sulfide) groups is 1. The lowest BCUT2D eigenvalue weighted by Crippen LogP contribution is -2.45. The fraction of sp³-hybridized carbons (Fsp3) is 0.500. The Labute approximate surface area is 73.3 Å². The van der Waals surface area contributed by atoms with Crippen LogP contribution in [0.3, 0.4) is 0 Å². The standard InChI is InChI=1S/C6H8N2O3S/c1-3(5(7)10)8-4(9)2-12-6(8)11/h3H,2H2,1H3,(H2,7,10). The summed E-state index contributed by atoms with van der Waals surface area (Å²) in [6.45, 7) is 1.43. The van der Waals surface area contributed by atoms with Crippen LogP contribution in [0.2, 0.25) is 0 Å². The number of hydrogen-bond acceptors (Lipinski definition) is 4. The van der Waals surface area contributed by atoms with Gasteiger partial charge in [0.25, 0.3) is 5.24 Å². The van der Waals surface area contributed by atoms with Crippen LogP contribution in [-0.4, -0.2) is 33.7 Å². The second-order valence-corrected chi connectivity index (χ2v) is 3.32. The number of carbonyl (C=O) groups is 3. The minimum atomic E-state index is -0.833. The number of primary amides is 1. The molecule has 0 aliphatic carbocycles. The molecule has 0 spiro atoms.